The number of piperidine rings is 1. The molecule has 2 heterocycles. The first-order valence-electron chi connectivity index (χ1n) is 11.4. The Hall–Kier alpha value is -3.35. The highest BCUT2D eigenvalue weighted by molar-refractivity contribution is 5.72. The zero-order chi connectivity index (χ0) is 22.5. The quantitative estimate of drug-likeness (QED) is 0.409. The minimum absolute atomic E-state index is 0.224. The van der Waals surface area contributed by atoms with Crippen LogP contribution in [0.25, 0.3) is 11.1 Å². The Morgan fingerprint density at radius 1 is 0.879 bits per heavy atom. The number of ether oxygens (including phenoxy) is 2. The van der Waals surface area contributed by atoms with Crippen LogP contribution in [0.4, 0.5) is 0 Å². The Morgan fingerprint density at radius 3 is 2.33 bits per heavy atom. The number of rotatable bonds is 8. The number of aliphatic hydroxyl groups is 1. The van der Waals surface area contributed by atoms with E-state index in [1.165, 1.54) is 5.56 Å². The zero-order valence-electron chi connectivity index (χ0n) is 18.5. The molecule has 0 saturated carbocycles. The molecular formula is C27H28N2O4. The van der Waals surface area contributed by atoms with Crippen LogP contribution in [0.1, 0.15) is 18.4 Å². The fourth-order valence-electron chi connectivity index (χ4n) is 4.24. The van der Waals surface area contributed by atoms with E-state index in [-0.39, 0.29) is 6.08 Å². The normalized spacial score (nSPS) is 16.0. The molecule has 1 aliphatic heterocycles. The third kappa shape index (κ3) is 5.53. The average Bonchev–Trinajstić information content (AvgIpc) is 3.24. The maximum Gasteiger partial charge on any atom is 0.400 e. The van der Waals surface area contributed by atoms with Gasteiger partial charge in [0.2, 0.25) is 0 Å². The summed E-state index contributed by atoms with van der Waals surface area (Å²) in [7, 11) is 0. The number of hydrogen-bond donors (Lipinski definition) is 1. The van der Waals surface area contributed by atoms with E-state index in [4.69, 9.17) is 13.9 Å². The minimum Gasteiger partial charge on any atom is -0.492 e. The van der Waals surface area contributed by atoms with Gasteiger partial charge in [-0.2, -0.15) is 4.98 Å². The fraction of sp³-hybridized carbons (Fsp3) is 0.296. The van der Waals surface area contributed by atoms with Crippen molar-refractivity contribution in [2.75, 3.05) is 26.2 Å². The summed E-state index contributed by atoms with van der Waals surface area (Å²) in [6, 6.07) is 25.2. The van der Waals surface area contributed by atoms with Gasteiger partial charge in [-0.05, 0) is 54.8 Å². The fourth-order valence-corrected chi connectivity index (χ4v) is 4.24. The van der Waals surface area contributed by atoms with E-state index < -0.39 is 5.60 Å². The van der Waals surface area contributed by atoms with Gasteiger partial charge in [0.05, 0.1) is 5.60 Å². The third-order valence-electron chi connectivity index (χ3n) is 6.14. The van der Waals surface area contributed by atoms with Crippen LogP contribution >= 0.6 is 0 Å². The van der Waals surface area contributed by atoms with Crippen LogP contribution in [0.5, 0.6) is 17.6 Å². The summed E-state index contributed by atoms with van der Waals surface area (Å²) in [5.74, 6) is 1.43. The van der Waals surface area contributed by atoms with Gasteiger partial charge in [-0.15, -0.1) is 0 Å². The molecule has 3 aromatic carbocycles. The second kappa shape index (κ2) is 9.65. The molecule has 5 rings (SSSR count). The van der Waals surface area contributed by atoms with Crippen LogP contribution in [0.15, 0.2) is 83.3 Å². The number of nitrogens with zero attached hydrogens (tertiary/aromatic N) is 2. The molecule has 33 heavy (non-hydrogen) atoms. The summed E-state index contributed by atoms with van der Waals surface area (Å²) in [6.07, 6.45) is 2.51. The standard InChI is InChI=1S/C27H28N2O4/c30-27(20-21-6-2-1-3-7-21)14-16-29(17-15-27)18-19-31-22-10-12-23(13-11-22)32-26-28-24-8-4-5-9-25(24)33-26/h1-13,30H,14-20H2. The van der Waals surface area contributed by atoms with Gasteiger partial charge in [0.1, 0.15) is 23.6 Å². The molecular weight excluding hydrogens is 416 g/mol. The van der Waals surface area contributed by atoms with E-state index in [9.17, 15) is 5.11 Å². The number of para-hydroxylation sites is 2. The molecule has 6 heteroatoms. The Morgan fingerprint density at radius 2 is 1.58 bits per heavy atom. The van der Waals surface area contributed by atoms with Crippen LogP contribution in [0.3, 0.4) is 0 Å². The first-order chi connectivity index (χ1) is 16.2. The molecule has 1 aromatic heterocycles. The summed E-state index contributed by atoms with van der Waals surface area (Å²) in [4.78, 5) is 6.67. The summed E-state index contributed by atoms with van der Waals surface area (Å²) in [6.45, 7) is 3.19. The second-order valence-electron chi connectivity index (χ2n) is 8.60. The van der Waals surface area contributed by atoms with Crippen molar-refractivity contribution in [1.29, 1.82) is 0 Å². The van der Waals surface area contributed by atoms with Crippen LogP contribution < -0.4 is 9.47 Å². The number of oxazole rings is 1. The molecule has 1 saturated heterocycles. The maximum atomic E-state index is 10.9. The lowest BCUT2D eigenvalue weighted by atomic mass is 9.85. The summed E-state index contributed by atoms with van der Waals surface area (Å²) in [5.41, 5.74) is 2.05. The SMILES string of the molecule is OC1(Cc2ccccc2)CCN(CCOc2ccc(Oc3nc4ccccc4o3)cc2)CC1. The van der Waals surface area contributed by atoms with Crippen LogP contribution in [-0.2, 0) is 6.42 Å². The first-order valence-corrected chi connectivity index (χ1v) is 11.4. The smallest absolute Gasteiger partial charge is 0.400 e. The van der Waals surface area contributed by atoms with Crippen molar-refractivity contribution in [3.63, 3.8) is 0 Å². The van der Waals surface area contributed by atoms with Crippen LogP contribution in [0.2, 0.25) is 0 Å². The number of aromatic nitrogens is 1. The number of benzene rings is 3. The van der Waals surface area contributed by atoms with Crippen molar-refractivity contribution < 1.29 is 19.0 Å². The predicted octanol–water partition coefficient (Wildman–Crippen LogP) is 5.07. The average molecular weight is 445 g/mol. The molecule has 0 atom stereocenters. The van der Waals surface area contributed by atoms with Crippen molar-refractivity contribution in [2.45, 2.75) is 24.9 Å². The zero-order valence-corrected chi connectivity index (χ0v) is 18.5. The van der Waals surface area contributed by atoms with Gasteiger partial charge in [0, 0.05) is 26.1 Å². The predicted molar refractivity (Wildman–Crippen MR) is 127 cm³/mol. The highest BCUT2D eigenvalue weighted by Crippen LogP contribution is 2.28. The molecule has 1 N–H and O–H groups in total. The van der Waals surface area contributed by atoms with Gasteiger partial charge in [-0.1, -0.05) is 42.5 Å². The molecule has 0 bridgehead atoms. The summed E-state index contributed by atoms with van der Waals surface area (Å²) < 4.78 is 17.2. The molecule has 0 unspecified atom stereocenters. The first kappa shape index (κ1) is 21.5. The molecule has 170 valence electrons. The Kier molecular flexibility index (Phi) is 6.28. The van der Waals surface area contributed by atoms with Gasteiger partial charge < -0.3 is 19.0 Å². The van der Waals surface area contributed by atoms with E-state index in [0.717, 1.165) is 50.2 Å². The summed E-state index contributed by atoms with van der Waals surface area (Å²) in [5, 5.41) is 10.9. The van der Waals surface area contributed by atoms with Crippen molar-refractivity contribution in [2.24, 2.45) is 0 Å². The van der Waals surface area contributed by atoms with Crippen molar-refractivity contribution in [3.8, 4) is 17.6 Å². The largest absolute Gasteiger partial charge is 0.492 e. The Balaban J connectivity index is 1.06. The van der Waals surface area contributed by atoms with Crippen molar-refractivity contribution >= 4 is 11.1 Å². The topological polar surface area (TPSA) is 68.0 Å². The Bertz CT molecular complexity index is 1130. The second-order valence-corrected chi connectivity index (χ2v) is 8.60. The van der Waals surface area contributed by atoms with E-state index >= 15 is 0 Å². The van der Waals surface area contributed by atoms with E-state index in [0.29, 0.717) is 17.9 Å². The van der Waals surface area contributed by atoms with Gasteiger partial charge in [0.15, 0.2) is 5.58 Å². The van der Waals surface area contributed by atoms with Gasteiger partial charge in [-0.25, -0.2) is 0 Å². The van der Waals surface area contributed by atoms with E-state index in [1.807, 2.05) is 66.7 Å². The lowest BCUT2D eigenvalue weighted by molar-refractivity contribution is -0.0226. The lowest BCUT2D eigenvalue weighted by Gasteiger charge is -2.38. The van der Waals surface area contributed by atoms with E-state index in [1.54, 1.807) is 0 Å². The van der Waals surface area contributed by atoms with Crippen molar-refractivity contribution in [3.05, 3.63) is 84.4 Å². The van der Waals surface area contributed by atoms with E-state index in [2.05, 4.69) is 22.0 Å². The van der Waals surface area contributed by atoms with Crippen LogP contribution in [0, 0.1) is 0 Å². The van der Waals surface area contributed by atoms with Crippen molar-refractivity contribution in [1.82, 2.24) is 9.88 Å². The molecule has 0 radical (unpaired) electrons. The van der Waals surface area contributed by atoms with Crippen LogP contribution in [-0.4, -0.2) is 46.8 Å². The molecule has 6 nitrogen and oxygen atoms in total. The highest BCUT2D eigenvalue weighted by atomic mass is 16.6. The minimum atomic E-state index is -0.608. The molecule has 4 aromatic rings. The van der Waals surface area contributed by atoms with Gasteiger partial charge in [-0.3, -0.25) is 4.90 Å². The molecule has 0 aliphatic carbocycles. The molecule has 1 aliphatic rings. The molecule has 0 spiro atoms. The summed E-state index contributed by atoms with van der Waals surface area (Å²) >= 11 is 0. The third-order valence-corrected chi connectivity index (χ3v) is 6.14. The number of likely N-dealkylation sites (tertiary alicyclic amines) is 1. The Labute approximate surface area is 193 Å². The molecule has 0 amide bonds. The highest BCUT2D eigenvalue weighted by Gasteiger charge is 2.32. The maximum absolute atomic E-state index is 10.9. The number of hydrogen-bond acceptors (Lipinski definition) is 6. The van der Waals surface area contributed by atoms with Gasteiger partial charge in [0.25, 0.3) is 0 Å². The lowest BCUT2D eigenvalue weighted by Crippen LogP contribution is -2.46. The molecule has 1 fully saturated rings. The van der Waals surface area contributed by atoms with Gasteiger partial charge >= 0.3 is 6.08 Å². The number of fused-ring (bicyclic) bond motifs is 1. The monoisotopic (exact) mass is 444 g/mol.